The molecule has 0 aliphatic carbocycles. The van der Waals surface area contributed by atoms with Crippen LogP contribution < -0.4 is 5.73 Å². The Bertz CT molecular complexity index is 431. The van der Waals surface area contributed by atoms with Gasteiger partial charge in [0.2, 0.25) is 0 Å². The first-order valence-corrected chi connectivity index (χ1v) is 7.30. The first-order valence-electron chi connectivity index (χ1n) is 7.30. The number of fused-ring (bicyclic) bond motifs is 2. The zero-order valence-corrected chi connectivity index (χ0v) is 11.3. The Morgan fingerprint density at radius 1 is 1.16 bits per heavy atom. The quantitative estimate of drug-likeness (QED) is 0.898. The van der Waals surface area contributed by atoms with Gasteiger partial charge in [-0.2, -0.15) is 0 Å². The van der Waals surface area contributed by atoms with Crippen LogP contribution in [0.2, 0.25) is 0 Å². The van der Waals surface area contributed by atoms with E-state index in [0.717, 1.165) is 19.4 Å². The number of nitrogens with two attached hydrogens (primary N) is 1. The van der Waals surface area contributed by atoms with Gasteiger partial charge in [-0.05, 0) is 31.2 Å². The maximum Gasteiger partial charge on any atom is 0.149 e. The van der Waals surface area contributed by atoms with E-state index in [1.807, 2.05) is 0 Å². The number of rotatable bonds is 4. The van der Waals surface area contributed by atoms with Crippen molar-refractivity contribution in [3.63, 3.8) is 0 Å². The maximum absolute atomic E-state index is 11.8. The summed E-state index contributed by atoms with van der Waals surface area (Å²) >= 11 is 0. The highest BCUT2D eigenvalue weighted by molar-refractivity contribution is 5.83. The molecule has 0 amide bonds. The van der Waals surface area contributed by atoms with E-state index in [1.54, 1.807) is 0 Å². The second kappa shape index (κ2) is 5.43. The smallest absolute Gasteiger partial charge is 0.149 e. The SMILES string of the molecule is NCC(=O)C1CC2CCC(C1)N2Cc1ccccc1. The molecule has 0 spiro atoms. The summed E-state index contributed by atoms with van der Waals surface area (Å²) in [6.45, 7) is 1.24. The van der Waals surface area contributed by atoms with E-state index in [0.29, 0.717) is 12.1 Å². The predicted molar refractivity (Wildman–Crippen MR) is 75.6 cm³/mol. The lowest BCUT2D eigenvalue weighted by Gasteiger charge is -2.38. The molecule has 2 aliphatic heterocycles. The molecule has 3 rings (SSSR count). The van der Waals surface area contributed by atoms with Crippen molar-refractivity contribution in [3.8, 4) is 0 Å². The first kappa shape index (κ1) is 12.8. The van der Waals surface area contributed by atoms with Gasteiger partial charge < -0.3 is 5.73 Å². The fraction of sp³-hybridized carbons (Fsp3) is 0.562. The van der Waals surface area contributed by atoms with Crippen LogP contribution in [0.5, 0.6) is 0 Å². The van der Waals surface area contributed by atoms with Gasteiger partial charge in [-0.1, -0.05) is 30.3 Å². The van der Waals surface area contributed by atoms with Crippen LogP contribution in [-0.2, 0) is 11.3 Å². The van der Waals surface area contributed by atoms with E-state index < -0.39 is 0 Å². The molecule has 0 saturated carbocycles. The lowest BCUT2D eigenvalue weighted by atomic mass is 9.87. The van der Waals surface area contributed by atoms with Gasteiger partial charge >= 0.3 is 0 Å². The van der Waals surface area contributed by atoms with E-state index in [4.69, 9.17) is 5.73 Å². The summed E-state index contributed by atoms with van der Waals surface area (Å²) in [6, 6.07) is 11.8. The van der Waals surface area contributed by atoms with Crippen molar-refractivity contribution < 1.29 is 4.79 Å². The maximum atomic E-state index is 11.8. The number of hydrogen-bond acceptors (Lipinski definition) is 3. The molecule has 1 aromatic carbocycles. The second-order valence-corrected chi connectivity index (χ2v) is 5.88. The summed E-state index contributed by atoms with van der Waals surface area (Å²) in [7, 11) is 0. The lowest BCUT2D eigenvalue weighted by Crippen LogP contribution is -2.45. The molecule has 1 aromatic rings. The number of carbonyl (C=O) groups is 1. The molecule has 3 nitrogen and oxygen atoms in total. The zero-order valence-electron chi connectivity index (χ0n) is 11.3. The normalized spacial score (nSPS) is 30.5. The van der Waals surface area contributed by atoms with Crippen LogP contribution in [0.15, 0.2) is 30.3 Å². The Morgan fingerprint density at radius 2 is 1.79 bits per heavy atom. The van der Waals surface area contributed by atoms with Gasteiger partial charge in [0.25, 0.3) is 0 Å². The van der Waals surface area contributed by atoms with Gasteiger partial charge in [0, 0.05) is 24.5 Å². The summed E-state index contributed by atoms with van der Waals surface area (Å²) in [4.78, 5) is 14.4. The topological polar surface area (TPSA) is 46.3 Å². The standard InChI is InChI=1S/C16H22N2O/c17-10-16(19)13-8-14-6-7-15(9-13)18(14)11-12-4-2-1-3-5-12/h1-5,13-15H,6-11,17H2. The van der Waals surface area contributed by atoms with Crippen LogP contribution in [0.4, 0.5) is 0 Å². The number of hydrogen-bond donors (Lipinski definition) is 1. The van der Waals surface area contributed by atoms with E-state index in [9.17, 15) is 4.79 Å². The summed E-state index contributed by atoms with van der Waals surface area (Å²) in [5, 5.41) is 0. The Hall–Kier alpha value is -1.19. The highest BCUT2D eigenvalue weighted by Crippen LogP contribution is 2.39. The zero-order chi connectivity index (χ0) is 13.2. The Kier molecular flexibility index (Phi) is 3.67. The third-order valence-electron chi connectivity index (χ3n) is 4.75. The van der Waals surface area contributed by atoms with Crippen molar-refractivity contribution in [1.29, 1.82) is 0 Å². The Morgan fingerprint density at radius 3 is 2.37 bits per heavy atom. The number of nitrogens with zero attached hydrogens (tertiary/aromatic N) is 1. The van der Waals surface area contributed by atoms with Crippen LogP contribution in [0.1, 0.15) is 31.2 Å². The molecule has 0 radical (unpaired) electrons. The molecule has 2 atom stereocenters. The van der Waals surface area contributed by atoms with Gasteiger partial charge in [-0.3, -0.25) is 9.69 Å². The Labute approximate surface area is 114 Å². The molecule has 19 heavy (non-hydrogen) atoms. The van der Waals surface area contributed by atoms with E-state index in [2.05, 4.69) is 35.2 Å². The molecule has 0 aromatic heterocycles. The Balaban J connectivity index is 1.68. The highest BCUT2D eigenvalue weighted by Gasteiger charge is 2.42. The highest BCUT2D eigenvalue weighted by atomic mass is 16.1. The fourth-order valence-electron chi connectivity index (χ4n) is 3.76. The fourth-order valence-corrected chi connectivity index (χ4v) is 3.76. The van der Waals surface area contributed by atoms with Crippen molar-refractivity contribution in [2.45, 2.75) is 44.3 Å². The van der Waals surface area contributed by atoms with Crippen molar-refractivity contribution in [1.82, 2.24) is 4.90 Å². The molecular weight excluding hydrogens is 236 g/mol. The summed E-state index contributed by atoms with van der Waals surface area (Å²) in [5.74, 6) is 0.478. The van der Waals surface area contributed by atoms with E-state index in [1.165, 1.54) is 18.4 Å². The first-order chi connectivity index (χ1) is 9.28. The van der Waals surface area contributed by atoms with Gasteiger partial charge in [0.1, 0.15) is 5.78 Å². The molecule has 2 heterocycles. The molecular formula is C16H22N2O. The second-order valence-electron chi connectivity index (χ2n) is 5.88. The van der Waals surface area contributed by atoms with Crippen molar-refractivity contribution in [2.24, 2.45) is 11.7 Å². The number of carbonyl (C=O) groups excluding carboxylic acids is 1. The molecule has 2 aliphatic rings. The van der Waals surface area contributed by atoms with Gasteiger partial charge in [0.15, 0.2) is 0 Å². The number of ketones is 1. The van der Waals surface area contributed by atoms with Crippen molar-refractivity contribution in [3.05, 3.63) is 35.9 Å². The van der Waals surface area contributed by atoms with E-state index in [-0.39, 0.29) is 18.2 Å². The summed E-state index contributed by atoms with van der Waals surface area (Å²) in [5.41, 5.74) is 6.89. The molecule has 2 N–H and O–H groups in total. The molecule has 2 fully saturated rings. The average molecular weight is 258 g/mol. The lowest BCUT2D eigenvalue weighted by molar-refractivity contribution is -0.123. The van der Waals surface area contributed by atoms with Crippen LogP contribution >= 0.6 is 0 Å². The minimum Gasteiger partial charge on any atom is -0.324 e. The van der Waals surface area contributed by atoms with Gasteiger partial charge in [-0.25, -0.2) is 0 Å². The number of Topliss-reactive ketones (excluding diaryl/α,β-unsaturated/α-hetero) is 1. The third kappa shape index (κ3) is 2.58. The van der Waals surface area contributed by atoms with E-state index >= 15 is 0 Å². The van der Waals surface area contributed by atoms with Crippen LogP contribution in [0, 0.1) is 5.92 Å². The number of benzene rings is 1. The third-order valence-corrected chi connectivity index (χ3v) is 4.75. The van der Waals surface area contributed by atoms with Crippen molar-refractivity contribution in [2.75, 3.05) is 6.54 Å². The van der Waals surface area contributed by atoms with Gasteiger partial charge in [-0.15, -0.1) is 0 Å². The van der Waals surface area contributed by atoms with Crippen LogP contribution in [0.3, 0.4) is 0 Å². The minimum atomic E-state index is 0.211. The molecule has 2 bridgehead atoms. The van der Waals surface area contributed by atoms with Crippen molar-refractivity contribution >= 4 is 5.78 Å². The van der Waals surface area contributed by atoms with Crippen LogP contribution in [0.25, 0.3) is 0 Å². The van der Waals surface area contributed by atoms with Gasteiger partial charge in [0.05, 0.1) is 6.54 Å². The summed E-state index contributed by atoms with van der Waals surface area (Å²) < 4.78 is 0. The predicted octanol–water partition coefficient (Wildman–Crippen LogP) is 1.96. The number of piperidine rings is 1. The minimum absolute atomic E-state index is 0.211. The largest absolute Gasteiger partial charge is 0.324 e. The summed E-state index contributed by atoms with van der Waals surface area (Å²) in [6.07, 6.45) is 4.51. The molecule has 102 valence electrons. The molecule has 2 unspecified atom stereocenters. The van der Waals surface area contributed by atoms with Crippen LogP contribution in [-0.4, -0.2) is 29.3 Å². The monoisotopic (exact) mass is 258 g/mol. The molecule has 3 heteroatoms. The molecule has 2 saturated heterocycles. The average Bonchev–Trinajstić information content (AvgIpc) is 2.69.